The van der Waals surface area contributed by atoms with Gasteiger partial charge >= 0.3 is 5.69 Å². The second-order valence-electron chi connectivity index (χ2n) is 7.26. The van der Waals surface area contributed by atoms with Crippen LogP contribution >= 0.6 is 15.9 Å². The van der Waals surface area contributed by atoms with Crippen molar-refractivity contribution in [2.75, 3.05) is 18.1 Å². The van der Waals surface area contributed by atoms with Crippen molar-refractivity contribution in [3.05, 3.63) is 49.6 Å². The lowest BCUT2D eigenvalue weighted by atomic mass is 10.1. The van der Waals surface area contributed by atoms with Crippen LogP contribution in [0, 0.1) is 5.92 Å². The first-order chi connectivity index (χ1) is 13.4. The number of fused-ring (bicyclic) bond motifs is 3. The van der Waals surface area contributed by atoms with Gasteiger partial charge in [0.25, 0.3) is 5.56 Å². The summed E-state index contributed by atoms with van der Waals surface area (Å²) < 4.78 is 5.52. The smallest absolute Gasteiger partial charge is 0.332 e. The van der Waals surface area contributed by atoms with Gasteiger partial charge in [0.15, 0.2) is 11.2 Å². The highest BCUT2D eigenvalue weighted by atomic mass is 79.9. The summed E-state index contributed by atoms with van der Waals surface area (Å²) in [6.07, 6.45) is 0.350. The van der Waals surface area contributed by atoms with E-state index >= 15 is 0 Å². The van der Waals surface area contributed by atoms with Crippen LogP contribution in [0.2, 0.25) is 0 Å². The molecule has 0 aliphatic carbocycles. The summed E-state index contributed by atoms with van der Waals surface area (Å²) in [5, 5.41) is 9.11. The second-order valence-corrected chi connectivity index (χ2v) is 8.18. The third kappa shape index (κ3) is 2.98. The number of aliphatic hydroxyl groups excluding tert-OH is 1. The number of aryl methyl sites for hydroxylation is 1. The Balaban J connectivity index is 1.96. The number of rotatable bonds is 4. The molecule has 28 heavy (non-hydrogen) atoms. The van der Waals surface area contributed by atoms with Gasteiger partial charge < -0.3 is 14.6 Å². The molecule has 0 spiro atoms. The van der Waals surface area contributed by atoms with Crippen LogP contribution in [0.25, 0.3) is 11.2 Å². The maximum Gasteiger partial charge on any atom is 0.332 e. The summed E-state index contributed by atoms with van der Waals surface area (Å²) in [6.45, 7) is 3.67. The minimum Gasteiger partial charge on any atom is -0.396 e. The molecule has 4 rings (SSSR count). The molecule has 8 nitrogen and oxygen atoms in total. The van der Waals surface area contributed by atoms with Crippen LogP contribution in [-0.4, -0.2) is 36.9 Å². The van der Waals surface area contributed by atoms with Crippen LogP contribution in [0.1, 0.15) is 13.3 Å². The SMILES string of the molecule is C[C@H]1CN(c2ccc(Br)cc2)c2nc3c(c(=O)n(CCCO)c(=O)n3C)n2C1. The molecule has 148 valence electrons. The number of imidazole rings is 1. The fraction of sp³-hybridized carbons (Fsp3) is 0.421. The van der Waals surface area contributed by atoms with Gasteiger partial charge in [-0.15, -0.1) is 0 Å². The Bertz CT molecular complexity index is 1150. The zero-order chi connectivity index (χ0) is 20.0. The number of hydrogen-bond acceptors (Lipinski definition) is 5. The van der Waals surface area contributed by atoms with Crippen LogP contribution in [0.15, 0.2) is 38.3 Å². The van der Waals surface area contributed by atoms with Crippen LogP contribution in [0.5, 0.6) is 0 Å². The molecule has 0 radical (unpaired) electrons. The Hall–Kier alpha value is -2.39. The van der Waals surface area contributed by atoms with E-state index in [1.54, 1.807) is 7.05 Å². The predicted octanol–water partition coefficient (Wildman–Crippen LogP) is 1.83. The van der Waals surface area contributed by atoms with Gasteiger partial charge in [0.05, 0.1) is 0 Å². The number of benzene rings is 1. The molecule has 0 unspecified atom stereocenters. The molecule has 0 fully saturated rings. The first-order valence-electron chi connectivity index (χ1n) is 9.26. The quantitative estimate of drug-likeness (QED) is 0.659. The Kier molecular flexibility index (Phi) is 4.88. The van der Waals surface area contributed by atoms with Crippen molar-refractivity contribution in [2.24, 2.45) is 13.0 Å². The van der Waals surface area contributed by atoms with Gasteiger partial charge in [-0.05, 0) is 36.6 Å². The van der Waals surface area contributed by atoms with E-state index < -0.39 is 5.69 Å². The molecule has 0 bridgehead atoms. The molecular weight excluding hydrogens is 426 g/mol. The van der Waals surface area contributed by atoms with E-state index in [0.29, 0.717) is 36.0 Å². The van der Waals surface area contributed by atoms with Crippen molar-refractivity contribution in [1.82, 2.24) is 18.7 Å². The van der Waals surface area contributed by atoms with Crippen LogP contribution < -0.4 is 16.1 Å². The van der Waals surface area contributed by atoms with E-state index in [0.717, 1.165) is 16.7 Å². The Labute approximate surface area is 169 Å². The lowest BCUT2D eigenvalue weighted by Crippen LogP contribution is -2.40. The van der Waals surface area contributed by atoms with Crippen LogP contribution in [-0.2, 0) is 20.1 Å². The summed E-state index contributed by atoms with van der Waals surface area (Å²) in [5.74, 6) is 0.971. The van der Waals surface area contributed by atoms with Gasteiger partial charge in [0.1, 0.15) is 0 Å². The summed E-state index contributed by atoms with van der Waals surface area (Å²) in [6, 6.07) is 7.95. The van der Waals surface area contributed by atoms with Crippen LogP contribution in [0.4, 0.5) is 11.6 Å². The molecule has 3 heterocycles. The second kappa shape index (κ2) is 7.21. The molecule has 0 saturated heterocycles. The number of anilines is 2. The molecular formula is C19H22BrN5O3. The number of halogens is 1. The third-order valence-electron chi connectivity index (χ3n) is 5.12. The highest BCUT2D eigenvalue weighted by molar-refractivity contribution is 9.10. The summed E-state index contributed by atoms with van der Waals surface area (Å²) in [4.78, 5) is 32.5. The maximum absolute atomic E-state index is 13.1. The average molecular weight is 448 g/mol. The lowest BCUT2D eigenvalue weighted by Gasteiger charge is -2.33. The largest absolute Gasteiger partial charge is 0.396 e. The Morgan fingerprint density at radius 3 is 2.61 bits per heavy atom. The maximum atomic E-state index is 13.1. The number of aromatic nitrogens is 4. The van der Waals surface area contributed by atoms with Crippen molar-refractivity contribution >= 4 is 38.7 Å². The van der Waals surface area contributed by atoms with E-state index in [9.17, 15) is 9.59 Å². The third-order valence-corrected chi connectivity index (χ3v) is 5.65. The molecule has 2 aromatic heterocycles. The van der Waals surface area contributed by atoms with Crippen LogP contribution in [0.3, 0.4) is 0 Å². The topological polar surface area (TPSA) is 85.3 Å². The molecule has 1 aliphatic heterocycles. The lowest BCUT2D eigenvalue weighted by molar-refractivity contribution is 0.277. The zero-order valence-corrected chi connectivity index (χ0v) is 17.4. The van der Waals surface area contributed by atoms with Gasteiger partial charge in [-0.3, -0.25) is 13.9 Å². The van der Waals surface area contributed by atoms with E-state index in [1.807, 2.05) is 28.8 Å². The molecule has 1 atom stereocenters. The van der Waals surface area contributed by atoms with E-state index in [4.69, 9.17) is 5.11 Å². The van der Waals surface area contributed by atoms with Crippen molar-refractivity contribution in [3.63, 3.8) is 0 Å². The minimum absolute atomic E-state index is 0.0769. The highest BCUT2D eigenvalue weighted by Crippen LogP contribution is 2.33. The fourth-order valence-corrected chi connectivity index (χ4v) is 4.03. The molecule has 1 aliphatic rings. The first kappa shape index (κ1) is 18.9. The molecule has 3 aromatic rings. The summed E-state index contributed by atoms with van der Waals surface area (Å²) in [7, 11) is 1.63. The van der Waals surface area contributed by atoms with Crippen molar-refractivity contribution < 1.29 is 5.11 Å². The van der Waals surface area contributed by atoms with Gasteiger partial charge in [0.2, 0.25) is 5.95 Å². The molecule has 0 amide bonds. The molecule has 9 heteroatoms. The number of nitrogens with zero attached hydrogens (tertiary/aromatic N) is 5. The Morgan fingerprint density at radius 1 is 1.21 bits per heavy atom. The van der Waals surface area contributed by atoms with E-state index in [2.05, 4.69) is 32.7 Å². The van der Waals surface area contributed by atoms with E-state index in [-0.39, 0.29) is 18.7 Å². The van der Waals surface area contributed by atoms with Gasteiger partial charge in [-0.25, -0.2) is 4.79 Å². The standard InChI is InChI=1S/C19H22BrN5O3/c1-12-10-24(14-6-4-13(20)5-7-14)18-21-16-15(25(18)11-12)17(27)23(8-3-9-26)19(28)22(16)2/h4-7,12,26H,3,8-11H2,1-2H3/t12-/m0/s1. The van der Waals surface area contributed by atoms with Gasteiger partial charge in [-0.1, -0.05) is 22.9 Å². The molecule has 0 saturated carbocycles. The minimum atomic E-state index is -0.412. The van der Waals surface area contributed by atoms with Gasteiger partial charge in [-0.2, -0.15) is 4.98 Å². The normalized spacial score (nSPS) is 16.6. The number of aliphatic hydroxyl groups is 1. The predicted molar refractivity (Wildman–Crippen MR) is 111 cm³/mol. The number of hydrogen-bond donors (Lipinski definition) is 1. The summed E-state index contributed by atoms with van der Waals surface area (Å²) >= 11 is 3.46. The van der Waals surface area contributed by atoms with Gasteiger partial charge in [0, 0.05) is 43.4 Å². The van der Waals surface area contributed by atoms with E-state index in [1.165, 1.54) is 9.13 Å². The fourth-order valence-electron chi connectivity index (χ4n) is 3.77. The zero-order valence-electron chi connectivity index (χ0n) is 15.8. The monoisotopic (exact) mass is 447 g/mol. The average Bonchev–Trinajstić information content (AvgIpc) is 3.06. The molecule has 1 N–H and O–H groups in total. The first-order valence-corrected chi connectivity index (χ1v) is 10.1. The van der Waals surface area contributed by atoms with Crippen molar-refractivity contribution in [3.8, 4) is 0 Å². The highest BCUT2D eigenvalue weighted by Gasteiger charge is 2.29. The molecule has 1 aromatic carbocycles. The van der Waals surface area contributed by atoms with Crippen molar-refractivity contribution in [1.29, 1.82) is 0 Å². The van der Waals surface area contributed by atoms with Crippen molar-refractivity contribution in [2.45, 2.75) is 26.4 Å². The summed E-state index contributed by atoms with van der Waals surface area (Å²) in [5.41, 5.74) is 1.04. The Morgan fingerprint density at radius 2 is 1.93 bits per heavy atom.